The van der Waals surface area contributed by atoms with Gasteiger partial charge in [-0.3, -0.25) is 4.79 Å². The molecule has 0 radical (unpaired) electrons. The summed E-state index contributed by atoms with van der Waals surface area (Å²) in [6.07, 6.45) is 2.39. The van der Waals surface area contributed by atoms with Crippen molar-refractivity contribution < 1.29 is 14.3 Å². The maximum atomic E-state index is 12.8. The Labute approximate surface area is 157 Å². The van der Waals surface area contributed by atoms with Crippen molar-refractivity contribution in [1.29, 1.82) is 0 Å². The van der Waals surface area contributed by atoms with Crippen LogP contribution in [0.25, 0.3) is 0 Å². The molecule has 126 valence electrons. The lowest BCUT2D eigenvalue weighted by Crippen LogP contribution is -2.31. The molecule has 0 saturated carbocycles. The summed E-state index contributed by atoms with van der Waals surface area (Å²) in [6, 6.07) is 9.10. The molecule has 5 nitrogen and oxygen atoms in total. The van der Waals surface area contributed by atoms with E-state index in [2.05, 4.69) is 36.8 Å². The molecule has 1 aliphatic rings. The monoisotopic (exact) mass is 454 g/mol. The molecule has 0 bridgehead atoms. The summed E-state index contributed by atoms with van der Waals surface area (Å²) in [5.41, 5.74) is 0.592. The Morgan fingerprint density at radius 3 is 2.88 bits per heavy atom. The summed E-state index contributed by atoms with van der Waals surface area (Å²) in [5.74, 6) is 1.18. The topological polar surface area (TPSA) is 51.7 Å². The highest BCUT2D eigenvalue weighted by Gasteiger charge is 2.30. The van der Waals surface area contributed by atoms with Gasteiger partial charge in [0.05, 0.1) is 23.7 Å². The van der Waals surface area contributed by atoms with Gasteiger partial charge in [-0.15, -0.1) is 0 Å². The molecule has 1 atom stereocenters. The molecular weight excluding hydrogens is 440 g/mol. The van der Waals surface area contributed by atoms with Crippen molar-refractivity contribution in [3.8, 4) is 11.6 Å². The molecule has 0 N–H and O–H groups in total. The van der Waals surface area contributed by atoms with Crippen LogP contribution in [0.15, 0.2) is 45.5 Å². The van der Waals surface area contributed by atoms with Gasteiger partial charge in [0, 0.05) is 23.6 Å². The number of amides is 1. The predicted molar refractivity (Wildman–Crippen MR) is 97.6 cm³/mol. The highest BCUT2D eigenvalue weighted by molar-refractivity contribution is 9.10. The zero-order chi connectivity index (χ0) is 17.1. The molecule has 3 rings (SSSR count). The molecule has 0 spiro atoms. The summed E-state index contributed by atoms with van der Waals surface area (Å²) < 4.78 is 12.7. The first-order valence-corrected chi connectivity index (χ1v) is 9.07. The van der Waals surface area contributed by atoms with Gasteiger partial charge in [0.1, 0.15) is 11.9 Å². The van der Waals surface area contributed by atoms with Gasteiger partial charge in [-0.25, -0.2) is 4.98 Å². The third kappa shape index (κ3) is 3.72. The fourth-order valence-electron chi connectivity index (χ4n) is 2.59. The van der Waals surface area contributed by atoms with Crippen molar-refractivity contribution in [3.63, 3.8) is 0 Å². The van der Waals surface area contributed by atoms with Crippen LogP contribution in [0.4, 0.5) is 0 Å². The third-order valence-electron chi connectivity index (χ3n) is 3.84. The number of nitrogens with zero attached hydrogens (tertiary/aromatic N) is 2. The Bertz CT molecular complexity index is 754. The van der Waals surface area contributed by atoms with E-state index in [4.69, 9.17) is 9.47 Å². The molecule has 1 amide bonds. The molecule has 7 heteroatoms. The molecule has 1 unspecified atom stereocenters. The number of carbonyl (C=O) groups excluding carboxylic acids is 1. The van der Waals surface area contributed by atoms with Crippen LogP contribution >= 0.6 is 31.9 Å². The van der Waals surface area contributed by atoms with Crippen LogP contribution in [0.2, 0.25) is 0 Å². The van der Waals surface area contributed by atoms with Crippen LogP contribution in [0.1, 0.15) is 16.8 Å². The predicted octanol–water partition coefficient (Wildman–Crippen LogP) is 3.91. The maximum absolute atomic E-state index is 12.8. The third-order valence-corrected chi connectivity index (χ3v) is 5.13. The Morgan fingerprint density at radius 1 is 1.29 bits per heavy atom. The Morgan fingerprint density at radius 2 is 2.12 bits per heavy atom. The van der Waals surface area contributed by atoms with E-state index in [-0.39, 0.29) is 12.0 Å². The summed E-state index contributed by atoms with van der Waals surface area (Å²) in [7, 11) is 1.59. The van der Waals surface area contributed by atoms with Crippen molar-refractivity contribution in [2.45, 2.75) is 12.5 Å². The quantitative estimate of drug-likeness (QED) is 0.701. The highest BCUT2D eigenvalue weighted by Crippen LogP contribution is 2.27. The minimum Gasteiger partial charge on any atom is -0.497 e. The minimum atomic E-state index is -0.0652. The van der Waals surface area contributed by atoms with E-state index in [0.717, 1.165) is 15.4 Å². The number of hydrogen-bond donors (Lipinski definition) is 0. The molecule has 1 saturated heterocycles. The number of halogens is 2. The zero-order valence-electron chi connectivity index (χ0n) is 13.0. The molecule has 1 aromatic carbocycles. The molecule has 24 heavy (non-hydrogen) atoms. The van der Waals surface area contributed by atoms with Gasteiger partial charge in [-0.2, -0.15) is 0 Å². The molecule has 2 aromatic rings. The van der Waals surface area contributed by atoms with Gasteiger partial charge in [0.2, 0.25) is 5.88 Å². The molecule has 2 heterocycles. The summed E-state index contributed by atoms with van der Waals surface area (Å²) >= 11 is 6.86. The fraction of sp³-hybridized carbons (Fsp3) is 0.294. The normalized spacial score (nSPS) is 17.0. The van der Waals surface area contributed by atoms with E-state index < -0.39 is 0 Å². The van der Waals surface area contributed by atoms with E-state index >= 15 is 0 Å². The highest BCUT2D eigenvalue weighted by atomic mass is 79.9. The zero-order valence-corrected chi connectivity index (χ0v) is 16.2. The first kappa shape index (κ1) is 17.2. The number of carbonyl (C=O) groups is 1. The van der Waals surface area contributed by atoms with Gasteiger partial charge in [-0.05, 0) is 62.2 Å². The van der Waals surface area contributed by atoms with E-state index in [0.29, 0.717) is 30.3 Å². The van der Waals surface area contributed by atoms with E-state index in [1.807, 2.05) is 24.3 Å². The number of benzene rings is 1. The molecular formula is C17H16Br2N2O3. The van der Waals surface area contributed by atoms with E-state index in [1.54, 1.807) is 24.3 Å². The number of hydrogen-bond acceptors (Lipinski definition) is 4. The van der Waals surface area contributed by atoms with Crippen LogP contribution in [0.3, 0.4) is 0 Å². The maximum Gasteiger partial charge on any atom is 0.255 e. The number of aromatic nitrogens is 1. The van der Waals surface area contributed by atoms with Gasteiger partial charge in [0.15, 0.2) is 0 Å². The average Bonchev–Trinajstić information content (AvgIpc) is 3.05. The van der Waals surface area contributed by atoms with Crippen LogP contribution in [0, 0.1) is 0 Å². The smallest absolute Gasteiger partial charge is 0.255 e. The minimum absolute atomic E-state index is 0.0352. The van der Waals surface area contributed by atoms with Crippen LogP contribution < -0.4 is 9.47 Å². The second-order valence-corrected chi connectivity index (χ2v) is 7.12. The number of rotatable bonds is 4. The van der Waals surface area contributed by atoms with Crippen molar-refractivity contribution in [3.05, 3.63) is 51.0 Å². The van der Waals surface area contributed by atoms with Crippen molar-refractivity contribution >= 4 is 37.8 Å². The first-order valence-electron chi connectivity index (χ1n) is 7.48. The largest absolute Gasteiger partial charge is 0.497 e. The lowest BCUT2D eigenvalue weighted by molar-refractivity contribution is 0.0769. The molecule has 0 aliphatic carbocycles. The number of pyridine rings is 1. The standard InChI is InChI=1S/C17H16Br2N2O3/c1-23-11-4-5-14(18)13(9-11)17(22)21-8-6-12(10-21)24-16-15(19)3-2-7-20-16/h2-5,7,9,12H,6,8,10H2,1H3. The molecule has 1 aromatic heterocycles. The van der Waals surface area contributed by atoms with Gasteiger partial charge in [-0.1, -0.05) is 0 Å². The molecule has 1 aliphatic heterocycles. The molecule has 1 fully saturated rings. The SMILES string of the molecule is COc1ccc(Br)c(C(=O)N2CCC(Oc3ncccc3Br)C2)c1. The Kier molecular flexibility index (Phi) is 5.40. The van der Waals surface area contributed by atoms with Crippen LogP contribution in [-0.4, -0.2) is 42.1 Å². The second-order valence-electron chi connectivity index (χ2n) is 5.42. The lowest BCUT2D eigenvalue weighted by Gasteiger charge is -2.18. The summed E-state index contributed by atoms with van der Waals surface area (Å²) in [6.45, 7) is 1.18. The Hall–Kier alpha value is -1.60. The lowest BCUT2D eigenvalue weighted by atomic mass is 10.2. The number of methoxy groups -OCH3 is 1. The van der Waals surface area contributed by atoms with Gasteiger partial charge < -0.3 is 14.4 Å². The van der Waals surface area contributed by atoms with E-state index in [1.165, 1.54) is 0 Å². The van der Waals surface area contributed by atoms with Crippen molar-refractivity contribution in [1.82, 2.24) is 9.88 Å². The van der Waals surface area contributed by atoms with Gasteiger partial charge >= 0.3 is 0 Å². The fourth-order valence-corrected chi connectivity index (χ4v) is 3.35. The second kappa shape index (κ2) is 7.53. The van der Waals surface area contributed by atoms with Crippen LogP contribution in [-0.2, 0) is 0 Å². The van der Waals surface area contributed by atoms with Crippen molar-refractivity contribution in [2.24, 2.45) is 0 Å². The van der Waals surface area contributed by atoms with Crippen LogP contribution in [0.5, 0.6) is 11.6 Å². The Balaban J connectivity index is 1.69. The summed E-state index contributed by atoms with van der Waals surface area (Å²) in [5, 5.41) is 0. The van der Waals surface area contributed by atoms with Gasteiger partial charge in [0.25, 0.3) is 5.91 Å². The first-order chi connectivity index (χ1) is 11.6. The number of ether oxygens (including phenoxy) is 2. The summed E-state index contributed by atoms with van der Waals surface area (Å²) in [4.78, 5) is 18.8. The average molecular weight is 456 g/mol. The number of likely N-dealkylation sites (tertiary alicyclic amines) is 1. The van der Waals surface area contributed by atoms with Crippen molar-refractivity contribution in [2.75, 3.05) is 20.2 Å². The van der Waals surface area contributed by atoms with E-state index in [9.17, 15) is 4.79 Å².